The van der Waals surface area contributed by atoms with Gasteiger partial charge in [-0.25, -0.2) is 12.7 Å². The van der Waals surface area contributed by atoms with Crippen molar-refractivity contribution in [3.63, 3.8) is 0 Å². The summed E-state index contributed by atoms with van der Waals surface area (Å²) in [5, 5.41) is 12.0. The Morgan fingerprint density at radius 1 is 1.19 bits per heavy atom. The summed E-state index contributed by atoms with van der Waals surface area (Å²) in [6.45, 7) is 3.53. The van der Waals surface area contributed by atoms with E-state index < -0.39 is 10.0 Å². The van der Waals surface area contributed by atoms with Crippen LogP contribution in [-0.4, -0.2) is 65.0 Å². The van der Waals surface area contributed by atoms with Crippen molar-refractivity contribution in [1.29, 1.82) is 0 Å². The molecule has 3 aromatic rings. The number of amides is 1. The Hall–Kier alpha value is -2.63. The normalized spacial score (nSPS) is 11.7. The molecule has 0 aliphatic rings. The average Bonchev–Trinajstić information content (AvgIpc) is 3.42. The lowest BCUT2D eigenvalue weighted by molar-refractivity contribution is -0.118. The first-order valence-electron chi connectivity index (χ1n) is 10.2. The van der Waals surface area contributed by atoms with Crippen LogP contribution in [0.25, 0.3) is 11.6 Å². The maximum atomic E-state index is 12.3. The SMILES string of the molecule is CCN(CCCNC(=O)CSc1nnc(-c2ccco2)n1Cc1ccccc1)S(C)(=O)=O. The van der Waals surface area contributed by atoms with E-state index in [4.69, 9.17) is 4.42 Å². The van der Waals surface area contributed by atoms with Gasteiger partial charge in [0.15, 0.2) is 10.9 Å². The van der Waals surface area contributed by atoms with Crippen molar-refractivity contribution in [2.45, 2.75) is 25.0 Å². The van der Waals surface area contributed by atoms with Crippen molar-refractivity contribution in [3.8, 4) is 11.6 Å². The molecule has 11 heteroatoms. The molecule has 172 valence electrons. The largest absolute Gasteiger partial charge is 0.461 e. The zero-order valence-electron chi connectivity index (χ0n) is 18.1. The maximum Gasteiger partial charge on any atom is 0.230 e. The van der Waals surface area contributed by atoms with Crippen molar-refractivity contribution in [3.05, 3.63) is 54.3 Å². The highest BCUT2D eigenvalue weighted by Crippen LogP contribution is 2.25. The summed E-state index contributed by atoms with van der Waals surface area (Å²) in [4.78, 5) is 12.3. The van der Waals surface area contributed by atoms with E-state index in [1.54, 1.807) is 19.3 Å². The third-order valence-corrected chi connectivity index (χ3v) is 7.05. The van der Waals surface area contributed by atoms with Gasteiger partial charge in [-0.1, -0.05) is 49.0 Å². The molecule has 0 bridgehead atoms. The molecular formula is C21H27N5O4S2. The molecular weight excluding hydrogens is 450 g/mol. The molecule has 0 saturated heterocycles. The molecule has 0 unspecified atom stereocenters. The standard InChI is InChI=1S/C21H27N5O4S2/c1-3-25(32(2,28)29)13-8-12-22-19(27)16-31-21-24-23-20(18-11-7-14-30-18)26(21)15-17-9-5-4-6-10-17/h4-7,9-11,14H,3,8,12-13,15-16H2,1-2H3,(H,22,27). The molecule has 0 aliphatic heterocycles. The van der Waals surface area contributed by atoms with E-state index in [2.05, 4.69) is 15.5 Å². The first-order chi connectivity index (χ1) is 15.4. The summed E-state index contributed by atoms with van der Waals surface area (Å²) < 4.78 is 32.0. The molecule has 0 aliphatic carbocycles. The van der Waals surface area contributed by atoms with E-state index in [0.29, 0.717) is 49.3 Å². The van der Waals surface area contributed by atoms with Gasteiger partial charge in [-0.05, 0) is 24.1 Å². The molecule has 1 aromatic carbocycles. The van der Waals surface area contributed by atoms with E-state index in [1.807, 2.05) is 41.0 Å². The van der Waals surface area contributed by atoms with Crippen LogP contribution in [0.15, 0.2) is 58.3 Å². The number of carbonyl (C=O) groups is 1. The lowest BCUT2D eigenvalue weighted by atomic mass is 10.2. The molecule has 32 heavy (non-hydrogen) atoms. The fraction of sp³-hybridized carbons (Fsp3) is 0.381. The summed E-state index contributed by atoms with van der Waals surface area (Å²) in [6, 6.07) is 13.5. The second-order valence-corrected chi connectivity index (χ2v) is 10.0. The highest BCUT2D eigenvalue weighted by Gasteiger charge is 2.18. The van der Waals surface area contributed by atoms with E-state index in [1.165, 1.54) is 22.3 Å². The van der Waals surface area contributed by atoms with Crippen molar-refractivity contribution in [2.24, 2.45) is 0 Å². The summed E-state index contributed by atoms with van der Waals surface area (Å²) in [6.07, 6.45) is 3.32. The number of nitrogens with zero attached hydrogens (tertiary/aromatic N) is 4. The van der Waals surface area contributed by atoms with Crippen molar-refractivity contribution < 1.29 is 17.6 Å². The Labute approximate surface area is 192 Å². The Morgan fingerprint density at radius 2 is 1.97 bits per heavy atom. The summed E-state index contributed by atoms with van der Waals surface area (Å²) in [5.74, 6) is 1.23. The molecule has 9 nitrogen and oxygen atoms in total. The molecule has 3 rings (SSSR count). The second kappa shape index (κ2) is 11.3. The Balaban J connectivity index is 1.58. The van der Waals surface area contributed by atoms with Crippen LogP contribution < -0.4 is 5.32 Å². The Kier molecular flexibility index (Phi) is 8.48. The molecule has 0 saturated carbocycles. The fourth-order valence-electron chi connectivity index (χ4n) is 3.11. The second-order valence-electron chi connectivity index (χ2n) is 7.10. The summed E-state index contributed by atoms with van der Waals surface area (Å²) in [5.41, 5.74) is 1.08. The van der Waals surface area contributed by atoms with Crippen LogP contribution in [0.5, 0.6) is 0 Å². The summed E-state index contributed by atoms with van der Waals surface area (Å²) >= 11 is 1.29. The van der Waals surface area contributed by atoms with Gasteiger partial charge in [0.2, 0.25) is 21.8 Å². The number of rotatable bonds is 12. The predicted molar refractivity (Wildman–Crippen MR) is 124 cm³/mol. The zero-order chi connectivity index (χ0) is 23.0. The molecule has 0 fully saturated rings. The third-order valence-electron chi connectivity index (χ3n) is 4.70. The maximum absolute atomic E-state index is 12.3. The summed E-state index contributed by atoms with van der Waals surface area (Å²) in [7, 11) is -3.22. The molecule has 1 amide bonds. The van der Waals surface area contributed by atoms with Crippen LogP contribution in [0.4, 0.5) is 0 Å². The van der Waals surface area contributed by atoms with Gasteiger partial charge in [-0.3, -0.25) is 9.36 Å². The Bertz CT molecular complexity index is 1100. The number of sulfonamides is 1. The van der Waals surface area contributed by atoms with Crippen LogP contribution in [0.1, 0.15) is 18.9 Å². The minimum absolute atomic E-state index is 0.147. The number of furan rings is 1. The lowest BCUT2D eigenvalue weighted by Gasteiger charge is -2.17. The van der Waals surface area contributed by atoms with Gasteiger partial charge in [-0.2, -0.15) is 0 Å². The number of benzene rings is 1. The topological polar surface area (TPSA) is 110 Å². The molecule has 2 aromatic heterocycles. The van der Waals surface area contributed by atoms with Crippen molar-refractivity contribution >= 4 is 27.7 Å². The van der Waals surface area contributed by atoms with E-state index >= 15 is 0 Å². The number of hydrogen-bond donors (Lipinski definition) is 1. The minimum atomic E-state index is -3.22. The van der Waals surface area contributed by atoms with Crippen LogP contribution in [0.2, 0.25) is 0 Å². The van der Waals surface area contributed by atoms with Crippen molar-refractivity contribution in [2.75, 3.05) is 31.6 Å². The van der Waals surface area contributed by atoms with Gasteiger partial charge in [0.05, 0.1) is 24.8 Å². The fourth-order valence-corrected chi connectivity index (χ4v) is 4.81. The molecule has 0 atom stereocenters. The van der Waals surface area contributed by atoms with Gasteiger partial charge in [0, 0.05) is 19.6 Å². The van der Waals surface area contributed by atoms with Crippen LogP contribution in [0.3, 0.4) is 0 Å². The monoisotopic (exact) mass is 477 g/mol. The van der Waals surface area contributed by atoms with Gasteiger partial charge in [-0.15, -0.1) is 10.2 Å². The number of aromatic nitrogens is 3. The van der Waals surface area contributed by atoms with Crippen LogP contribution in [-0.2, 0) is 21.4 Å². The van der Waals surface area contributed by atoms with E-state index in [0.717, 1.165) is 5.56 Å². The molecule has 1 N–H and O–H groups in total. The smallest absolute Gasteiger partial charge is 0.230 e. The van der Waals surface area contributed by atoms with Gasteiger partial charge in [0.25, 0.3) is 0 Å². The Morgan fingerprint density at radius 3 is 2.62 bits per heavy atom. The number of carbonyl (C=O) groups excluding carboxylic acids is 1. The van der Waals surface area contributed by atoms with Gasteiger partial charge >= 0.3 is 0 Å². The van der Waals surface area contributed by atoms with E-state index in [9.17, 15) is 13.2 Å². The number of thioether (sulfide) groups is 1. The lowest BCUT2D eigenvalue weighted by Crippen LogP contribution is -2.34. The minimum Gasteiger partial charge on any atom is -0.461 e. The highest BCUT2D eigenvalue weighted by molar-refractivity contribution is 7.99. The third kappa shape index (κ3) is 6.68. The first-order valence-corrected chi connectivity index (χ1v) is 13.1. The highest BCUT2D eigenvalue weighted by atomic mass is 32.2. The number of hydrogen-bond acceptors (Lipinski definition) is 7. The molecule has 2 heterocycles. The van der Waals surface area contributed by atoms with Gasteiger partial charge < -0.3 is 9.73 Å². The number of nitrogens with one attached hydrogen (secondary N) is 1. The quantitative estimate of drug-likeness (QED) is 0.315. The van der Waals surface area contributed by atoms with Crippen molar-refractivity contribution in [1.82, 2.24) is 24.4 Å². The molecule has 0 radical (unpaired) electrons. The van der Waals surface area contributed by atoms with E-state index in [-0.39, 0.29) is 11.7 Å². The molecule has 0 spiro atoms. The van der Waals surface area contributed by atoms with Crippen LogP contribution >= 0.6 is 11.8 Å². The predicted octanol–water partition coefficient (Wildman–Crippen LogP) is 2.47. The zero-order valence-corrected chi connectivity index (χ0v) is 19.7. The van der Waals surface area contributed by atoms with Gasteiger partial charge in [0.1, 0.15) is 0 Å². The first kappa shape index (κ1) is 24.0. The van der Waals surface area contributed by atoms with Crippen LogP contribution in [0, 0.1) is 0 Å². The average molecular weight is 478 g/mol.